The van der Waals surface area contributed by atoms with Crippen molar-refractivity contribution in [3.8, 4) is 0 Å². The van der Waals surface area contributed by atoms with Gasteiger partial charge in [-0.05, 0) is 43.6 Å². The second-order valence-electron chi connectivity index (χ2n) is 11.2. The molecule has 0 aromatic carbocycles. The highest BCUT2D eigenvalue weighted by molar-refractivity contribution is 7.09. The van der Waals surface area contributed by atoms with Crippen LogP contribution in [-0.2, 0) is 25.7 Å². The molecular weight excluding hydrogens is 462 g/mol. The Morgan fingerprint density at radius 3 is 2.66 bits per heavy atom. The van der Waals surface area contributed by atoms with Crippen LogP contribution in [-0.4, -0.2) is 52.5 Å². The Morgan fingerprint density at radius 2 is 1.97 bits per heavy atom. The molecule has 4 aliphatic rings. The lowest BCUT2D eigenvalue weighted by Crippen LogP contribution is -2.56. The Kier molecular flexibility index (Phi) is 6.55. The van der Waals surface area contributed by atoms with E-state index in [1.165, 1.54) is 6.42 Å². The maximum atomic E-state index is 13.9. The van der Waals surface area contributed by atoms with E-state index in [0.29, 0.717) is 19.0 Å². The quantitative estimate of drug-likeness (QED) is 0.537. The van der Waals surface area contributed by atoms with Crippen molar-refractivity contribution in [2.24, 2.45) is 17.8 Å². The lowest BCUT2D eigenvalue weighted by Gasteiger charge is -2.35. The van der Waals surface area contributed by atoms with E-state index in [1.807, 2.05) is 36.6 Å². The molecule has 0 unspecified atom stereocenters. The summed E-state index contributed by atoms with van der Waals surface area (Å²) in [6, 6.07) is 3.31. The van der Waals surface area contributed by atoms with E-state index in [1.54, 1.807) is 16.2 Å². The van der Waals surface area contributed by atoms with Gasteiger partial charge >= 0.3 is 0 Å². The van der Waals surface area contributed by atoms with Gasteiger partial charge in [-0.15, -0.1) is 11.3 Å². The monoisotopic (exact) mass is 499 g/mol. The van der Waals surface area contributed by atoms with Gasteiger partial charge in [-0.2, -0.15) is 0 Å². The summed E-state index contributed by atoms with van der Waals surface area (Å²) in [7, 11) is 0. The summed E-state index contributed by atoms with van der Waals surface area (Å²) < 4.78 is 6.58. The van der Waals surface area contributed by atoms with Crippen LogP contribution in [0.3, 0.4) is 0 Å². The molecule has 1 spiro atoms. The summed E-state index contributed by atoms with van der Waals surface area (Å²) in [6.07, 6.45) is 9.96. The summed E-state index contributed by atoms with van der Waals surface area (Å²) in [6.45, 7) is 6.99. The van der Waals surface area contributed by atoms with Gasteiger partial charge in [0.05, 0.1) is 24.0 Å². The van der Waals surface area contributed by atoms with Gasteiger partial charge in [-0.1, -0.05) is 51.3 Å². The van der Waals surface area contributed by atoms with Crippen molar-refractivity contribution in [3.05, 3.63) is 34.5 Å². The number of rotatable bonds is 8. The van der Waals surface area contributed by atoms with Crippen molar-refractivity contribution in [2.45, 2.75) is 89.1 Å². The Morgan fingerprint density at radius 1 is 1.20 bits per heavy atom. The third-order valence-corrected chi connectivity index (χ3v) is 9.12. The molecule has 4 heterocycles. The number of amides is 3. The highest BCUT2D eigenvalue weighted by Crippen LogP contribution is 2.59. The van der Waals surface area contributed by atoms with E-state index in [0.717, 1.165) is 37.0 Å². The largest absolute Gasteiger partial charge is 0.356 e. The lowest BCUT2D eigenvalue weighted by atomic mass is 9.70. The van der Waals surface area contributed by atoms with Crippen LogP contribution >= 0.6 is 11.3 Å². The molecule has 1 aliphatic carbocycles. The molecule has 8 heteroatoms. The molecule has 2 bridgehead atoms. The molecule has 2 saturated heterocycles. The molecule has 5 atom stereocenters. The van der Waals surface area contributed by atoms with Crippen LogP contribution in [0, 0.1) is 17.8 Å². The second kappa shape index (κ2) is 9.36. The molecule has 35 heavy (non-hydrogen) atoms. The van der Waals surface area contributed by atoms with Crippen LogP contribution in [0.2, 0.25) is 0 Å². The molecule has 3 amide bonds. The fourth-order valence-corrected chi connectivity index (χ4v) is 7.14. The van der Waals surface area contributed by atoms with Crippen molar-refractivity contribution in [3.63, 3.8) is 0 Å². The van der Waals surface area contributed by atoms with Crippen LogP contribution < -0.4 is 10.6 Å². The van der Waals surface area contributed by atoms with Gasteiger partial charge in [-0.3, -0.25) is 14.4 Å². The summed E-state index contributed by atoms with van der Waals surface area (Å²) in [5.74, 6) is -1.46. The van der Waals surface area contributed by atoms with Crippen LogP contribution in [0.25, 0.3) is 0 Å². The number of carbonyl (C=O) groups is 3. The topological polar surface area (TPSA) is 87.7 Å². The Balaban J connectivity index is 1.43. The van der Waals surface area contributed by atoms with E-state index in [-0.39, 0.29) is 23.8 Å². The van der Waals surface area contributed by atoms with Gasteiger partial charge < -0.3 is 20.3 Å². The van der Waals surface area contributed by atoms with E-state index < -0.39 is 29.1 Å². The molecule has 5 rings (SSSR count). The van der Waals surface area contributed by atoms with Crippen molar-refractivity contribution < 1.29 is 19.1 Å². The fourth-order valence-electron chi connectivity index (χ4n) is 6.49. The zero-order chi connectivity index (χ0) is 24.8. The molecule has 1 aromatic rings. The first-order valence-electron chi connectivity index (χ1n) is 13.1. The second-order valence-corrected chi connectivity index (χ2v) is 12.2. The van der Waals surface area contributed by atoms with Gasteiger partial charge in [0.25, 0.3) is 0 Å². The molecular formula is C27H37N3O4S. The minimum absolute atomic E-state index is 0.136. The number of likely N-dealkylation sites (tertiary alicyclic amines) is 1. The smallest absolute Gasteiger partial charge is 0.246 e. The number of hydrogen-bond acceptors (Lipinski definition) is 5. The number of nitrogens with one attached hydrogen (secondary N) is 2. The normalized spacial score (nSPS) is 34.0. The maximum absolute atomic E-state index is 13.9. The fraction of sp³-hybridized carbons (Fsp3) is 0.667. The molecule has 3 aliphatic heterocycles. The van der Waals surface area contributed by atoms with Crippen molar-refractivity contribution in [1.29, 1.82) is 0 Å². The van der Waals surface area contributed by atoms with Crippen LogP contribution in [0.15, 0.2) is 29.7 Å². The average molecular weight is 500 g/mol. The van der Waals surface area contributed by atoms with Gasteiger partial charge in [0.15, 0.2) is 0 Å². The highest BCUT2D eigenvalue weighted by atomic mass is 32.1. The molecule has 7 nitrogen and oxygen atoms in total. The summed E-state index contributed by atoms with van der Waals surface area (Å²) in [5.41, 5.74) is -2.01. The average Bonchev–Trinajstić information content (AvgIpc) is 3.56. The number of hydrogen-bond donors (Lipinski definition) is 2. The first kappa shape index (κ1) is 24.5. The van der Waals surface area contributed by atoms with Gasteiger partial charge in [0.1, 0.15) is 11.6 Å². The molecule has 0 radical (unpaired) electrons. The number of thiophene rings is 1. The minimum Gasteiger partial charge on any atom is -0.356 e. The van der Waals surface area contributed by atoms with Gasteiger partial charge in [0.2, 0.25) is 17.7 Å². The Labute approximate surface area is 211 Å². The summed E-state index contributed by atoms with van der Waals surface area (Å²) in [4.78, 5) is 44.0. The highest BCUT2D eigenvalue weighted by Gasteiger charge is 2.76. The Hall–Kier alpha value is -2.19. The zero-order valence-corrected chi connectivity index (χ0v) is 21.7. The van der Waals surface area contributed by atoms with Crippen LogP contribution in [0.4, 0.5) is 0 Å². The maximum Gasteiger partial charge on any atom is 0.246 e. The predicted octanol–water partition coefficient (Wildman–Crippen LogP) is 3.40. The molecule has 1 aromatic heterocycles. The first-order valence-corrected chi connectivity index (χ1v) is 13.9. The molecule has 1 saturated carbocycles. The number of fused-ring (bicyclic) bond motifs is 1. The number of ether oxygens (including phenoxy) is 1. The molecule has 3 fully saturated rings. The van der Waals surface area contributed by atoms with Crippen molar-refractivity contribution in [1.82, 2.24) is 15.5 Å². The first-order chi connectivity index (χ1) is 16.7. The summed E-state index contributed by atoms with van der Waals surface area (Å²) in [5, 5.41) is 8.25. The minimum atomic E-state index is -1.10. The third-order valence-electron chi connectivity index (χ3n) is 8.24. The van der Waals surface area contributed by atoms with Crippen molar-refractivity contribution >= 4 is 29.1 Å². The number of nitrogens with zero attached hydrogens (tertiary/aromatic N) is 1. The standard InChI is InChI=1S/C27H37N3O4S/c1-17(2)11-14-30-22(24(32)29-18-8-5-4-6-9-18)27-13-12-26(3,34-27)20(21(27)25(30)33)23(31)28-16-19-10-7-15-35-19/h7,10,12-13,15,17-18,20-22H,4-6,8-9,11,14,16H2,1-3H3,(H,28,31)(H,29,32)/t20-,21+,22-,26+,27-/m0/s1. The molecule has 190 valence electrons. The van der Waals surface area contributed by atoms with E-state index in [2.05, 4.69) is 24.5 Å². The van der Waals surface area contributed by atoms with E-state index in [4.69, 9.17) is 4.74 Å². The van der Waals surface area contributed by atoms with E-state index >= 15 is 0 Å². The zero-order valence-electron chi connectivity index (χ0n) is 20.9. The molecule has 2 N–H and O–H groups in total. The van der Waals surface area contributed by atoms with Gasteiger partial charge in [0, 0.05) is 17.5 Å². The predicted molar refractivity (Wildman–Crippen MR) is 134 cm³/mol. The van der Waals surface area contributed by atoms with Gasteiger partial charge in [-0.25, -0.2) is 0 Å². The van der Waals surface area contributed by atoms with E-state index in [9.17, 15) is 14.4 Å². The summed E-state index contributed by atoms with van der Waals surface area (Å²) >= 11 is 1.58. The SMILES string of the molecule is CC(C)CCN1C(=O)[C@H]2[C@@H](C(=O)NCc3cccs3)[C@@]3(C)C=C[C@@]2(O3)[C@@H]1C(=O)NC1CCCCC1. The third kappa shape index (κ3) is 4.22. The van der Waals surface area contributed by atoms with Crippen LogP contribution in [0.1, 0.15) is 64.2 Å². The van der Waals surface area contributed by atoms with Crippen molar-refractivity contribution in [2.75, 3.05) is 6.54 Å². The van der Waals surface area contributed by atoms with Crippen LogP contribution in [0.5, 0.6) is 0 Å². The Bertz CT molecular complexity index is 1000. The number of carbonyl (C=O) groups excluding carboxylic acids is 3. The lowest BCUT2D eigenvalue weighted by molar-refractivity contribution is -0.145.